The summed E-state index contributed by atoms with van der Waals surface area (Å²) < 4.78 is 1.82. The van der Waals surface area contributed by atoms with E-state index >= 15 is 0 Å². The third-order valence-electron chi connectivity index (χ3n) is 2.47. The van der Waals surface area contributed by atoms with E-state index in [2.05, 4.69) is 28.9 Å². The Kier molecular flexibility index (Phi) is 4.75. The third kappa shape index (κ3) is 2.95. The van der Waals surface area contributed by atoms with Crippen LogP contribution in [-0.4, -0.2) is 38.7 Å². The van der Waals surface area contributed by atoms with Crippen molar-refractivity contribution in [2.24, 2.45) is 10.7 Å². The highest BCUT2D eigenvalue weighted by Crippen LogP contribution is 1.97. The van der Waals surface area contributed by atoms with Gasteiger partial charge in [0, 0.05) is 19.6 Å². The van der Waals surface area contributed by atoms with Gasteiger partial charge in [0.25, 0.3) is 0 Å². The Morgan fingerprint density at radius 1 is 1.44 bits per heavy atom. The van der Waals surface area contributed by atoms with Crippen molar-refractivity contribution in [3.63, 3.8) is 0 Å². The number of aliphatic imine (C=N–C) groups is 1. The summed E-state index contributed by atoms with van der Waals surface area (Å²) >= 11 is 0. The Bertz CT molecular complexity index is 339. The van der Waals surface area contributed by atoms with E-state index in [0.717, 1.165) is 25.5 Å². The molecule has 1 heterocycles. The molecule has 2 N–H and O–H groups in total. The zero-order valence-electron chi connectivity index (χ0n) is 10.2. The monoisotopic (exact) mass is 224 g/mol. The van der Waals surface area contributed by atoms with Crippen molar-refractivity contribution in [3.05, 3.63) is 12.2 Å². The second-order valence-corrected chi connectivity index (χ2v) is 3.34. The predicted octanol–water partition coefficient (Wildman–Crippen LogP) is 0.454. The van der Waals surface area contributed by atoms with Gasteiger partial charge in [0.05, 0.1) is 0 Å². The fourth-order valence-electron chi connectivity index (χ4n) is 1.47. The van der Waals surface area contributed by atoms with Crippen molar-refractivity contribution >= 4 is 5.96 Å². The molecule has 0 fully saturated rings. The Balaban J connectivity index is 2.65. The largest absolute Gasteiger partial charge is 0.370 e. The lowest BCUT2D eigenvalue weighted by molar-refractivity contribution is 0.457. The topological polar surface area (TPSA) is 72.3 Å². The first-order valence-electron chi connectivity index (χ1n) is 5.64. The normalized spacial score (nSPS) is 11.8. The molecule has 0 aliphatic rings. The van der Waals surface area contributed by atoms with Crippen molar-refractivity contribution in [2.45, 2.75) is 33.9 Å². The average molecular weight is 224 g/mol. The van der Waals surface area contributed by atoms with Crippen LogP contribution in [-0.2, 0) is 13.1 Å². The molecule has 0 radical (unpaired) electrons. The number of rotatable bonds is 5. The van der Waals surface area contributed by atoms with Crippen LogP contribution in [0.3, 0.4) is 0 Å². The van der Waals surface area contributed by atoms with E-state index in [0.29, 0.717) is 12.5 Å². The molecule has 6 nitrogen and oxygen atoms in total. The molecule has 0 aliphatic heterocycles. The Hall–Kier alpha value is -1.59. The molecule has 0 spiro atoms. The molecule has 0 unspecified atom stereocenters. The Morgan fingerprint density at radius 3 is 2.69 bits per heavy atom. The molecule has 0 bridgehead atoms. The van der Waals surface area contributed by atoms with Crippen LogP contribution in [0.15, 0.2) is 11.3 Å². The van der Waals surface area contributed by atoms with Crippen LogP contribution in [0.5, 0.6) is 0 Å². The van der Waals surface area contributed by atoms with Gasteiger partial charge in [0.15, 0.2) is 5.96 Å². The molecule has 0 aromatic carbocycles. The average Bonchev–Trinajstić information content (AvgIpc) is 2.75. The molecule has 1 aromatic rings. The number of hydrogen-bond donors (Lipinski definition) is 1. The summed E-state index contributed by atoms with van der Waals surface area (Å²) in [6.07, 6.45) is 1.54. The van der Waals surface area contributed by atoms with Crippen LogP contribution < -0.4 is 5.73 Å². The van der Waals surface area contributed by atoms with Gasteiger partial charge in [-0.05, 0) is 20.8 Å². The molecule has 0 saturated heterocycles. The highest BCUT2D eigenvalue weighted by Gasteiger charge is 2.04. The van der Waals surface area contributed by atoms with Crippen molar-refractivity contribution < 1.29 is 0 Å². The minimum absolute atomic E-state index is 0.482. The first kappa shape index (κ1) is 12.5. The fourth-order valence-corrected chi connectivity index (χ4v) is 1.47. The van der Waals surface area contributed by atoms with E-state index in [9.17, 15) is 0 Å². The van der Waals surface area contributed by atoms with Gasteiger partial charge in [-0.25, -0.2) is 14.7 Å². The third-order valence-corrected chi connectivity index (χ3v) is 2.47. The van der Waals surface area contributed by atoms with E-state index in [1.807, 2.05) is 16.5 Å². The minimum atomic E-state index is 0.482. The first-order chi connectivity index (χ1) is 7.72. The van der Waals surface area contributed by atoms with Gasteiger partial charge in [-0.3, -0.25) is 0 Å². The quantitative estimate of drug-likeness (QED) is 0.582. The van der Waals surface area contributed by atoms with E-state index in [1.165, 1.54) is 0 Å². The molecule has 1 rings (SSSR count). The highest BCUT2D eigenvalue weighted by atomic mass is 15.3. The van der Waals surface area contributed by atoms with Gasteiger partial charge in [-0.15, -0.1) is 0 Å². The maximum Gasteiger partial charge on any atom is 0.191 e. The summed E-state index contributed by atoms with van der Waals surface area (Å²) in [5.41, 5.74) is 5.87. The molecular weight excluding hydrogens is 204 g/mol. The lowest BCUT2D eigenvalue weighted by atomic mass is 10.5. The van der Waals surface area contributed by atoms with Gasteiger partial charge in [-0.1, -0.05) is 0 Å². The molecule has 6 heteroatoms. The first-order valence-corrected chi connectivity index (χ1v) is 5.64. The number of guanidine groups is 1. The van der Waals surface area contributed by atoms with Crippen LogP contribution in [0.4, 0.5) is 0 Å². The second kappa shape index (κ2) is 6.09. The summed E-state index contributed by atoms with van der Waals surface area (Å²) in [5.74, 6) is 1.41. The summed E-state index contributed by atoms with van der Waals surface area (Å²) in [7, 11) is 0. The summed E-state index contributed by atoms with van der Waals surface area (Å²) in [6, 6.07) is 0. The summed E-state index contributed by atoms with van der Waals surface area (Å²) in [6.45, 7) is 9.15. The van der Waals surface area contributed by atoms with Crippen molar-refractivity contribution in [1.29, 1.82) is 0 Å². The number of aromatic nitrogens is 3. The van der Waals surface area contributed by atoms with Gasteiger partial charge in [-0.2, -0.15) is 5.10 Å². The van der Waals surface area contributed by atoms with Gasteiger partial charge >= 0.3 is 0 Å². The fraction of sp³-hybridized carbons (Fsp3) is 0.700. The zero-order valence-corrected chi connectivity index (χ0v) is 10.2. The van der Waals surface area contributed by atoms with Crippen LogP contribution in [0, 0.1) is 0 Å². The number of aryl methyl sites for hydroxylation is 1. The Labute approximate surface area is 96.2 Å². The van der Waals surface area contributed by atoms with Gasteiger partial charge in [0.2, 0.25) is 0 Å². The van der Waals surface area contributed by atoms with Gasteiger partial charge in [0.1, 0.15) is 18.7 Å². The standard InChI is InChI=1S/C10H20N6/c1-4-15(5-2)10(11)12-7-9-13-8-14-16(9)6-3/h8H,4-7H2,1-3H3,(H2,11,12). The molecular formula is C10H20N6. The minimum Gasteiger partial charge on any atom is -0.370 e. The SMILES string of the molecule is CCN(CC)C(N)=NCc1ncnn1CC. The molecule has 0 amide bonds. The van der Waals surface area contributed by atoms with Crippen molar-refractivity contribution in [3.8, 4) is 0 Å². The molecule has 90 valence electrons. The highest BCUT2D eigenvalue weighted by molar-refractivity contribution is 5.77. The van der Waals surface area contributed by atoms with E-state index in [-0.39, 0.29) is 0 Å². The molecule has 0 atom stereocenters. The number of nitrogens with zero attached hydrogens (tertiary/aromatic N) is 5. The van der Waals surface area contributed by atoms with Crippen molar-refractivity contribution in [1.82, 2.24) is 19.7 Å². The smallest absolute Gasteiger partial charge is 0.191 e. The predicted molar refractivity (Wildman–Crippen MR) is 63.9 cm³/mol. The lowest BCUT2D eigenvalue weighted by Crippen LogP contribution is -2.37. The summed E-state index contributed by atoms with van der Waals surface area (Å²) in [5, 5.41) is 4.08. The zero-order chi connectivity index (χ0) is 12.0. The van der Waals surface area contributed by atoms with Crippen molar-refractivity contribution in [2.75, 3.05) is 13.1 Å². The summed E-state index contributed by atoms with van der Waals surface area (Å²) in [4.78, 5) is 10.5. The van der Waals surface area contributed by atoms with E-state index < -0.39 is 0 Å². The number of nitrogens with two attached hydrogens (primary N) is 1. The van der Waals surface area contributed by atoms with Gasteiger partial charge < -0.3 is 10.6 Å². The van der Waals surface area contributed by atoms with Crippen LogP contribution in [0.2, 0.25) is 0 Å². The van der Waals surface area contributed by atoms with Crippen LogP contribution >= 0.6 is 0 Å². The molecule has 1 aromatic heterocycles. The molecule has 16 heavy (non-hydrogen) atoms. The maximum atomic E-state index is 5.87. The van der Waals surface area contributed by atoms with E-state index in [4.69, 9.17) is 5.73 Å². The maximum absolute atomic E-state index is 5.87. The molecule has 0 aliphatic carbocycles. The van der Waals surface area contributed by atoms with E-state index in [1.54, 1.807) is 6.33 Å². The second-order valence-electron chi connectivity index (χ2n) is 3.34. The van der Waals surface area contributed by atoms with Crippen LogP contribution in [0.1, 0.15) is 26.6 Å². The molecule has 0 saturated carbocycles. The van der Waals surface area contributed by atoms with Crippen LogP contribution in [0.25, 0.3) is 0 Å². The number of hydrogen-bond acceptors (Lipinski definition) is 3. The lowest BCUT2D eigenvalue weighted by Gasteiger charge is -2.19. The Morgan fingerprint density at radius 2 is 2.12 bits per heavy atom.